The molecule has 0 unspecified atom stereocenters. The minimum atomic E-state index is -0.450. The summed E-state index contributed by atoms with van der Waals surface area (Å²) in [5, 5.41) is 11.6. The summed E-state index contributed by atoms with van der Waals surface area (Å²) in [6.45, 7) is 5.54. The van der Waals surface area contributed by atoms with Crippen molar-refractivity contribution in [3.05, 3.63) is 0 Å². The summed E-state index contributed by atoms with van der Waals surface area (Å²) in [6, 6.07) is 2.44. The third-order valence-corrected chi connectivity index (χ3v) is 2.63. The quantitative estimate of drug-likeness (QED) is 0.744. The Balaban J connectivity index is 2.29. The first-order valence-electron chi connectivity index (χ1n) is 5.80. The number of carbonyl (C=O) groups is 1. The number of alkyl carbamates (subject to hydrolysis) is 1. The highest BCUT2D eigenvalue weighted by Gasteiger charge is 2.24. The van der Waals surface area contributed by atoms with Gasteiger partial charge in [0.1, 0.15) is 5.60 Å². The molecule has 1 aliphatic carbocycles. The van der Waals surface area contributed by atoms with Crippen molar-refractivity contribution in [3.8, 4) is 6.07 Å². The van der Waals surface area contributed by atoms with Gasteiger partial charge in [0.2, 0.25) is 0 Å². The smallest absolute Gasteiger partial charge is 0.407 e. The molecule has 0 aromatic carbocycles. The fourth-order valence-electron chi connectivity index (χ4n) is 1.84. The van der Waals surface area contributed by atoms with Gasteiger partial charge in [-0.05, 0) is 46.5 Å². The van der Waals surface area contributed by atoms with Gasteiger partial charge in [-0.15, -0.1) is 0 Å². The second kappa shape index (κ2) is 5.20. The van der Waals surface area contributed by atoms with Crippen molar-refractivity contribution in [3.63, 3.8) is 0 Å². The number of amides is 1. The molecule has 1 aliphatic rings. The van der Waals surface area contributed by atoms with Gasteiger partial charge in [0, 0.05) is 12.0 Å². The standard InChI is InChI=1S/C12H20N2O2/c1-12(2,3)16-11(15)14-10-6-4-9(8-13)5-7-10/h9-10H,4-7H2,1-3H3,(H,14,15). The van der Waals surface area contributed by atoms with Crippen molar-refractivity contribution < 1.29 is 9.53 Å². The van der Waals surface area contributed by atoms with Crippen LogP contribution in [-0.4, -0.2) is 17.7 Å². The highest BCUT2D eigenvalue weighted by Crippen LogP contribution is 2.23. The van der Waals surface area contributed by atoms with E-state index in [4.69, 9.17) is 10.00 Å². The summed E-state index contributed by atoms with van der Waals surface area (Å²) < 4.78 is 5.18. The van der Waals surface area contributed by atoms with Crippen LogP contribution in [0, 0.1) is 17.2 Å². The van der Waals surface area contributed by atoms with Crippen LogP contribution in [-0.2, 0) is 4.74 Å². The minimum Gasteiger partial charge on any atom is -0.444 e. The zero-order chi connectivity index (χ0) is 12.2. The molecule has 0 heterocycles. The summed E-state index contributed by atoms with van der Waals surface area (Å²) in [5.74, 6) is 0.164. The summed E-state index contributed by atoms with van der Waals surface area (Å²) in [4.78, 5) is 11.5. The van der Waals surface area contributed by atoms with Crippen LogP contribution in [0.1, 0.15) is 46.5 Å². The van der Waals surface area contributed by atoms with E-state index in [9.17, 15) is 4.79 Å². The first-order chi connectivity index (χ1) is 7.40. The van der Waals surface area contributed by atoms with Gasteiger partial charge < -0.3 is 10.1 Å². The lowest BCUT2D eigenvalue weighted by atomic mass is 9.87. The number of carbonyl (C=O) groups excluding carboxylic acids is 1. The van der Waals surface area contributed by atoms with Crippen LogP contribution in [0.5, 0.6) is 0 Å². The van der Waals surface area contributed by atoms with E-state index in [2.05, 4.69) is 11.4 Å². The number of hydrogen-bond donors (Lipinski definition) is 1. The van der Waals surface area contributed by atoms with Crippen molar-refractivity contribution in [2.75, 3.05) is 0 Å². The van der Waals surface area contributed by atoms with Gasteiger partial charge in [-0.25, -0.2) is 4.79 Å². The third-order valence-electron chi connectivity index (χ3n) is 2.63. The summed E-state index contributed by atoms with van der Waals surface area (Å²) >= 11 is 0. The molecule has 0 spiro atoms. The van der Waals surface area contributed by atoms with Crippen molar-refractivity contribution in [2.24, 2.45) is 5.92 Å². The fourth-order valence-corrected chi connectivity index (χ4v) is 1.84. The molecule has 0 aliphatic heterocycles. The predicted octanol–water partition coefficient (Wildman–Crippen LogP) is 2.59. The van der Waals surface area contributed by atoms with Gasteiger partial charge in [0.25, 0.3) is 0 Å². The molecule has 90 valence electrons. The van der Waals surface area contributed by atoms with E-state index < -0.39 is 5.60 Å². The molecular formula is C12H20N2O2. The molecule has 4 nitrogen and oxygen atoms in total. The Hall–Kier alpha value is -1.24. The molecule has 1 rings (SSSR count). The average molecular weight is 224 g/mol. The SMILES string of the molecule is CC(C)(C)OC(=O)NC1CCC(C#N)CC1. The van der Waals surface area contributed by atoms with E-state index in [0.29, 0.717) is 0 Å². The van der Waals surface area contributed by atoms with E-state index in [1.807, 2.05) is 20.8 Å². The molecule has 1 amide bonds. The average Bonchev–Trinajstić information content (AvgIpc) is 2.16. The van der Waals surface area contributed by atoms with Crippen LogP contribution < -0.4 is 5.32 Å². The van der Waals surface area contributed by atoms with Gasteiger partial charge in [0.05, 0.1) is 6.07 Å². The molecule has 4 heteroatoms. The van der Waals surface area contributed by atoms with Gasteiger partial charge in [-0.3, -0.25) is 0 Å². The molecule has 0 saturated heterocycles. The molecular weight excluding hydrogens is 204 g/mol. The second-order valence-corrected chi connectivity index (χ2v) is 5.32. The Labute approximate surface area is 97.0 Å². The Kier molecular flexibility index (Phi) is 4.17. The van der Waals surface area contributed by atoms with Crippen LogP contribution in [0.25, 0.3) is 0 Å². The number of rotatable bonds is 1. The van der Waals surface area contributed by atoms with Gasteiger partial charge >= 0.3 is 6.09 Å². The second-order valence-electron chi connectivity index (χ2n) is 5.32. The maximum Gasteiger partial charge on any atom is 0.407 e. The molecule has 1 saturated carbocycles. The Morgan fingerprint density at radius 1 is 1.31 bits per heavy atom. The Bertz CT molecular complexity index is 280. The topological polar surface area (TPSA) is 62.1 Å². The van der Waals surface area contributed by atoms with Crippen molar-refractivity contribution >= 4 is 6.09 Å². The van der Waals surface area contributed by atoms with Crippen LogP contribution >= 0.6 is 0 Å². The molecule has 1 N–H and O–H groups in total. The number of ether oxygens (including phenoxy) is 1. The number of nitrogens with zero attached hydrogens (tertiary/aromatic N) is 1. The van der Waals surface area contributed by atoms with Crippen LogP contribution in [0.3, 0.4) is 0 Å². The summed E-state index contributed by atoms with van der Waals surface area (Å²) in [7, 11) is 0. The van der Waals surface area contributed by atoms with Crippen molar-refractivity contribution in [1.29, 1.82) is 5.26 Å². The van der Waals surface area contributed by atoms with E-state index in [1.165, 1.54) is 0 Å². The lowest BCUT2D eigenvalue weighted by Crippen LogP contribution is -2.40. The van der Waals surface area contributed by atoms with E-state index in [-0.39, 0.29) is 18.1 Å². The maximum absolute atomic E-state index is 11.5. The van der Waals surface area contributed by atoms with Crippen LogP contribution in [0.4, 0.5) is 4.79 Å². The van der Waals surface area contributed by atoms with E-state index >= 15 is 0 Å². The van der Waals surface area contributed by atoms with E-state index in [0.717, 1.165) is 25.7 Å². The van der Waals surface area contributed by atoms with E-state index in [1.54, 1.807) is 0 Å². The first kappa shape index (κ1) is 12.8. The van der Waals surface area contributed by atoms with Crippen LogP contribution in [0.15, 0.2) is 0 Å². The molecule has 0 atom stereocenters. The zero-order valence-electron chi connectivity index (χ0n) is 10.2. The monoisotopic (exact) mass is 224 g/mol. The third kappa shape index (κ3) is 4.52. The van der Waals surface area contributed by atoms with Crippen molar-refractivity contribution in [1.82, 2.24) is 5.32 Å². The molecule has 16 heavy (non-hydrogen) atoms. The highest BCUT2D eigenvalue weighted by molar-refractivity contribution is 5.68. The molecule has 0 aromatic rings. The number of nitrogens with one attached hydrogen (secondary N) is 1. The Morgan fingerprint density at radius 3 is 2.31 bits per heavy atom. The number of nitriles is 1. The van der Waals surface area contributed by atoms with Gasteiger partial charge in [0.15, 0.2) is 0 Å². The van der Waals surface area contributed by atoms with Crippen molar-refractivity contribution in [2.45, 2.75) is 58.1 Å². The summed E-state index contributed by atoms with van der Waals surface area (Å²) in [6.07, 6.45) is 3.14. The molecule has 1 fully saturated rings. The lowest BCUT2D eigenvalue weighted by molar-refractivity contribution is 0.0490. The predicted molar refractivity (Wildman–Crippen MR) is 60.7 cm³/mol. The van der Waals surface area contributed by atoms with Gasteiger partial charge in [-0.1, -0.05) is 0 Å². The van der Waals surface area contributed by atoms with Gasteiger partial charge in [-0.2, -0.15) is 5.26 Å². The number of hydrogen-bond acceptors (Lipinski definition) is 3. The first-order valence-corrected chi connectivity index (χ1v) is 5.80. The summed E-state index contributed by atoms with van der Waals surface area (Å²) in [5.41, 5.74) is -0.450. The fraction of sp³-hybridized carbons (Fsp3) is 0.833. The molecule has 0 radical (unpaired) electrons. The maximum atomic E-state index is 11.5. The minimum absolute atomic E-state index is 0.164. The van der Waals surface area contributed by atoms with Crippen LogP contribution in [0.2, 0.25) is 0 Å². The largest absolute Gasteiger partial charge is 0.444 e. The molecule has 0 aromatic heterocycles. The normalized spacial score (nSPS) is 25.6. The molecule has 0 bridgehead atoms. The lowest BCUT2D eigenvalue weighted by Gasteiger charge is -2.27. The zero-order valence-corrected chi connectivity index (χ0v) is 10.2. The highest BCUT2D eigenvalue weighted by atomic mass is 16.6. The Morgan fingerprint density at radius 2 is 1.88 bits per heavy atom.